The zero-order valence-electron chi connectivity index (χ0n) is 10.3. The van der Waals surface area contributed by atoms with Crippen molar-refractivity contribution in [1.29, 1.82) is 0 Å². The van der Waals surface area contributed by atoms with Gasteiger partial charge in [-0.3, -0.25) is 4.90 Å². The highest BCUT2D eigenvalue weighted by Gasteiger charge is 2.23. The third-order valence-electron chi connectivity index (χ3n) is 3.50. The van der Waals surface area contributed by atoms with Crippen molar-refractivity contribution in [2.45, 2.75) is 38.8 Å². The molecule has 0 radical (unpaired) electrons. The summed E-state index contributed by atoms with van der Waals surface area (Å²) in [6.45, 7) is 7.92. The van der Waals surface area contributed by atoms with Gasteiger partial charge in [0.05, 0.1) is 6.26 Å². The topological polar surface area (TPSA) is 28.4 Å². The number of rotatable bonds is 4. The first-order valence-electron chi connectivity index (χ1n) is 6.29. The van der Waals surface area contributed by atoms with Crippen LogP contribution in [0.1, 0.15) is 26.0 Å². The molecule has 0 amide bonds. The van der Waals surface area contributed by atoms with Gasteiger partial charge in [0.1, 0.15) is 5.76 Å². The van der Waals surface area contributed by atoms with Crippen molar-refractivity contribution in [3.63, 3.8) is 0 Å². The molecule has 1 N–H and O–H groups in total. The van der Waals surface area contributed by atoms with Gasteiger partial charge in [0.25, 0.3) is 0 Å². The lowest BCUT2D eigenvalue weighted by molar-refractivity contribution is 0.138. The van der Waals surface area contributed by atoms with Crippen molar-refractivity contribution in [1.82, 2.24) is 10.2 Å². The average molecular weight is 222 g/mol. The third-order valence-corrected chi connectivity index (χ3v) is 3.50. The molecular weight excluding hydrogens is 200 g/mol. The molecule has 2 heterocycles. The largest absolute Gasteiger partial charge is 0.469 e. The molecule has 1 fully saturated rings. The van der Waals surface area contributed by atoms with Crippen molar-refractivity contribution < 1.29 is 4.42 Å². The fourth-order valence-corrected chi connectivity index (χ4v) is 2.29. The molecule has 90 valence electrons. The van der Waals surface area contributed by atoms with Crippen molar-refractivity contribution >= 4 is 0 Å². The normalized spacial score (nSPS) is 27.1. The van der Waals surface area contributed by atoms with Gasteiger partial charge >= 0.3 is 0 Å². The maximum Gasteiger partial charge on any atom is 0.105 e. The molecule has 0 aromatic carbocycles. The first kappa shape index (κ1) is 11.7. The van der Waals surface area contributed by atoms with Crippen molar-refractivity contribution in [2.24, 2.45) is 0 Å². The van der Waals surface area contributed by atoms with E-state index in [2.05, 4.69) is 30.1 Å². The van der Waals surface area contributed by atoms with Crippen LogP contribution in [0.4, 0.5) is 0 Å². The Bertz CT molecular complexity index is 297. The van der Waals surface area contributed by atoms with E-state index in [1.54, 1.807) is 6.26 Å². The second kappa shape index (κ2) is 5.51. The minimum atomic E-state index is 0.637. The molecule has 1 saturated heterocycles. The molecule has 1 aliphatic heterocycles. The minimum Gasteiger partial charge on any atom is -0.469 e. The second-order valence-electron chi connectivity index (χ2n) is 4.69. The van der Waals surface area contributed by atoms with Crippen LogP contribution in [0.15, 0.2) is 22.8 Å². The van der Waals surface area contributed by atoms with E-state index in [1.807, 2.05) is 6.07 Å². The molecule has 2 unspecified atom stereocenters. The maximum absolute atomic E-state index is 5.37. The van der Waals surface area contributed by atoms with Crippen LogP contribution in [0.25, 0.3) is 0 Å². The summed E-state index contributed by atoms with van der Waals surface area (Å²) >= 11 is 0. The Morgan fingerprint density at radius 2 is 2.44 bits per heavy atom. The summed E-state index contributed by atoms with van der Waals surface area (Å²) in [5.74, 6) is 1.10. The van der Waals surface area contributed by atoms with Crippen molar-refractivity contribution in [3.8, 4) is 0 Å². The predicted molar refractivity (Wildman–Crippen MR) is 65.5 cm³/mol. The highest BCUT2D eigenvalue weighted by atomic mass is 16.3. The van der Waals surface area contributed by atoms with Gasteiger partial charge in [-0.2, -0.15) is 0 Å². The van der Waals surface area contributed by atoms with Crippen LogP contribution >= 0.6 is 0 Å². The highest BCUT2D eigenvalue weighted by molar-refractivity contribution is 4.99. The number of furan rings is 1. The highest BCUT2D eigenvalue weighted by Crippen LogP contribution is 2.10. The van der Waals surface area contributed by atoms with Gasteiger partial charge in [-0.05, 0) is 25.5 Å². The first-order chi connectivity index (χ1) is 7.79. The molecule has 0 bridgehead atoms. The number of piperazine rings is 1. The zero-order chi connectivity index (χ0) is 11.4. The van der Waals surface area contributed by atoms with Crippen molar-refractivity contribution in [3.05, 3.63) is 24.2 Å². The number of hydrogen-bond acceptors (Lipinski definition) is 3. The van der Waals surface area contributed by atoms with Crippen LogP contribution < -0.4 is 5.32 Å². The fourth-order valence-electron chi connectivity index (χ4n) is 2.29. The Balaban J connectivity index is 1.82. The summed E-state index contributed by atoms with van der Waals surface area (Å²) in [6, 6.07) is 5.32. The summed E-state index contributed by atoms with van der Waals surface area (Å²) in [6.07, 6.45) is 3.99. The van der Waals surface area contributed by atoms with E-state index >= 15 is 0 Å². The van der Waals surface area contributed by atoms with Crippen LogP contribution in [0.5, 0.6) is 0 Å². The number of nitrogens with one attached hydrogen (secondary N) is 1. The van der Waals surface area contributed by atoms with Gasteiger partial charge in [0, 0.05) is 38.1 Å². The van der Waals surface area contributed by atoms with Gasteiger partial charge in [0.15, 0.2) is 0 Å². The van der Waals surface area contributed by atoms with Crippen molar-refractivity contribution in [2.75, 3.05) is 19.6 Å². The maximum atomic E-state index is 5.37. The van der Waals surface area contributed by atoms with Crippen LogP contribution in [-0.2, 0) is 6.42 Å². The lowest BCUT2D eigenvalue weighted by Crippen LogP contribution is -2.55. The van der Waals surface area contributed by atoms with E-state index in [1.165, 1.54) is 13.0 Å². The smallest absolute Gasteiger partial charge is 0.105 e. The van der Waals surface area contributed by atoms with Gasteiger partial charge < -0.3 is 9.73 Å². The van der Waals surface area contributed by atoms with Crippen LogP contribution in [0.2, 0.25) is 0 Å². The van der Waals surface area contributed by atoms with Gasteiger partial charge in [-0.25, -0.2) is 0 Å². The predicted octanol–water partition coefficient (Wildman–Crippen LogP) is 1.89. The summed E-state index contributed by atoms with van der Waals surface area (Å²) in [5.41, 5.74) is 0. The average Bonchev–Trinajstić information content (AvgIpc) is 2.81. The molecule has 0 saturated carbocycles. The molecule has 0 aliphatic carbocycles. The molecule has 3 nitrogen and oxygen atoms in total. The molecule has 2 rings (SSSR count). The monoisotopic (exact) mass is 222 g/mol. The number of nitrogens with zero attached hydrogens (tertiary/aromatic N) is 1. The summed E-state index contributed by atoms with van der Waals surface area (Å²) < 4.78 is 5.37. The minimum absolute atomic E-state index is 0.637. The SMILES string of the molecule is CCC1CN(CCc2ccco2)C(C)CN1. The van der Waals surface area contributed by atoms with E-state index in [0.29, 0.717) is 12.1 Å². The molecule has 16 heavy (non-hydrogen) atoms. The Morgan fingerprint density at radius 1 is 1.56 bits per heavy atom. The summed E-state index contributed by atoms with van der Waals surface area (Å²) in [7, 11) is 0. The Hall–Kier alpha value is -0.800. The lowest BCUT2D eigenvalue weighted by Gasteiger charge is -2.38. The van der Waals surface area contributed by atoms with Crippen LogP contribution in [-0.4, -0.2) is 36.6 Å². The molecule has 1 aromatic rings. The Morgan fingerprint density at radius 3 is 3.12 bits per heavy atom. The molecule has 1 aliphatic rings. The molecule has 0 spiro atoms. The molecule has 2 atom stereocenters. The van der Waals surface area contributed by atoms with E-state index in [0.717, 1.165) is 25.3 Å². The van der Waals surface area contributed by atoms with E-state index in [-0.39, 0.29) is 0 Å². The molecule has 1 aromatic heterocycles. The van der Waals surface area contributed by atoms with Gasteiger partial charge in [-0.15, -0.1) is 0 Å². The third kappa shape index (κ3) is 2.86. The van der Waals surface area contributed by atoms with E-state index in [4.69, 9.17) is 4.42 Å². The van der Waals surface area contributed by atoms with E-state index < -0.39 is 0 Å². The van der Waals surface area contributed by atoms with Crippen LogP contribution in [0, 0.1) is 0 Å². The van der Waals surface area contributed by atoms with Crippen LogP contribution in [0.3, 0.4) is 0 Å². The quantitative estimate of drug-likeness (QED) is 0.843. The molecule has 3 heteroatoms. The summed E-state index contributed by atoms with van der Waals surface area (Å²) in [4.78, 5) is 2.56. The standard InChI is InChI=1S/C13H22N2O/c1-3-12-10-15(11(2)9-14-12)7-6-13-5-4-8-16-13/h4-5,8,11-12,14H,3,6-7,9-10H2,1-2H3. The van der Waals surface area contributed by atoms with Gasteiger partial charge in [-0.1, -0.05) is 6.92 Å². The van der Waals surface area contributed by atoms with Gasteiger partial charge in [0.2, 0.25) is 0 Å². The molecular formula is C13H22N2O. The Labute approximate surface area is 97.8 Å². The zero-order valence-corrected chi connectivity index (χ0v) is 10.3. The lowest BCUT2D eigenvalue weighted by atomic mass is 10.1. The fraction of sp³-hybridized carbons (Fsp3) is 0.692. The second-order valence-corrected chi connectivity index (χ2v) is 4.69. The first-order valence-corrected chi connectivity index (χ1v) is 6.29. The summed E-state index contributed by atoms with van der Waals surface area (Å²) in [5, 5.41) is 3.58. The number of hydrogen-bond donors (Lipinski definition) is 1. The van der Waals surface area contributed by atoms with E-state index in [9.17, 15) is 0 Å². The Kier molecular flexibility index (Phi) is 4.02.